The zero-order chi connectivity index (χ0) is 14.9. The van der Waals surface area contributed by atoms with Crippen molar-refractivity contribution in [2.75, 3.05) is 6.54 Å². The molecule has 1 atom stereocenters. The lowest BCUT2D eigenvalue weighted by Gasteiger charge is -2.41. The maximum Gasteiger partial charge on any atom is 0.323 e. The zero-order valence-electron chi connectivity index (χ0n) is 11.1. The summed E-state index contributed by atoms with van der Waals surface area (Å²) in [6.07, 6.45) is 2.11. The number of hydrogen-bond acceptors (Lipinski definition) is 2. The molecule has 1 heterocycles. The first-order valence-corrected chi connectivity index (χ1v) is 6.46. The average Bonchev–Trinajstić information content (AvgIpc) is 2.38. The highest BCUT2D eigenvalue weighted by molar-refractivity contribution is 5.78. The molecule has 1 aliphatic rings. The van der Waals surface area contributed by atoms with Crippen molar-refractivity contribution in [2.24, 2.45) is 0 Å². The highest BCUT2D eigenvalue weighted by Gasteiger charge is 2.41. The standard InChI is InChI=1S/C14H16F3NO2/c1-14(13(19)20)4-2-3-5-18(14)8-9-6-10(15)12(17)11(16)7-9/h6-7H,2-5,8H2,1H3,(H,19,20). The molecule has 3 nitrogen and oxygen atoms in total. The Morgan fingerprint density at radius 1 is 1.30 bits per heavy atom. The van der Waals surface area contributed by atoms with Gasteiger partial charge in [0, 0.05) is 6.54 Å². The van der Waals surface area contributed by atoms with Crippen LogP contribution < -0.4 is 0 Å². The summed E-state index contributed by atoms with van der Waals surface area (Å²) in [4.78, 5) is 13.1. The molecule has 1 aliphatic heterocycles. The van der Waals surface area contributed by atoms with Crippen LogP contribution in [-0.4, -0.2) is 28.1 Å². The Morgan fingerprint density at radius 3 is 2.45 bits per heavy atom. The zero-order valence-corrected chi connectivity index (χ0v) is 11.1. The number of hydrogen-bond donors (Lipinski definition) is 1. The Morgan fingerprint density at radius 2 is 1.90 bits per heavy atom. The molecule has 1 N–H and O–H groups in total. The van der Waals surface area contributed by atoms with E-state index in [0.29, 0.717) is 13.0 Å². The van der Waals surface area contributed by atoms with Gasteiger partial charge in [0.05, 0.1) is 0 Å². The average molecular weight is 287 g/mol. The molecule has 2 rings (SSSR count). The minimum Gasteiger partial charge on any atom is -0.480 e. The van der Waals surface area contributed by atoms with Crippen molar-refractivity contribution in [1.82, 2.24) is 4.90 Å². The maximum atomic E-state index is 13.2. The predicted molar refractivity (Wildman–Crippen MR) is 66.6 cm³/mol. The molecule has 110 valence electrons. The fraction of sp³-hybridized carbons (Fsp3) is 0.500. The number of likely N-dealkylation sites (tertiary alicyclic amines) is 1. The molecule has 1 saturated heterocycles. The van der Waals surface area contributed by atoms with Gasteiger partial charge in [-0.1, -0.05) is 0 Å². The third kappa shape index (κ3) is 2.65. The van der Waals surface area contributed by atoms with Gasteiger partial charge in [-0.15, -0.1) is 0 Å². The van der Waals surface area contributed by atoms with Crippen molar-refractivity contribution in [3.63, 3.8) is 0 Å². The molecule has 1 aromatic carbocycles. The van der Waals surface area contributed by atoms with Crippen LogP contribution in [0.2, 0.25) is 0 Å². The van der Waals surface area contributed by atoms with E-state index < -0.39 is 29.0 Å². The van der Waals surface area contributed by atoms with Crippen LogP contribution in [0.1, 0.15) is 31.7 Å². The number of carboxylic acids is 1. The van der Waals surface area contributed by atoms with Crippen LogP contribution in [-0.2, 0) is 11.3 Å². The van der Waals surface area contributed by atoms with E-state index in [4.69, 9.17) is 0 Å². The van der Waals surface area contributed by atoms with E-state index in [-0.39, 0.29) is 12.1 Å². The molecule has 20 heavy (non-hydrogen) atoms. The number of piperidine rings is 1. The molecular weight excluding hydrogens is 271 g/mol. The molecule has 0 aliphatic carbocycles. The van der Waals surface area contributed by atoms with Crippen LogP contribution in [0, 0.1) is 17.5 Å². The first kappa shape index (κ1) is 14.8. The van der Waals surface area contributed by atoms with Crippen LogP contribution in [0.5, 0.6) is 0 Å². The molecule has 0 aromatic heterocycles. The largest absolute Gasteiger partial charge is 0.480 e. The summed E-state index contributed by atoms with van der Waals surface area (Å²) >= 11 is 0. The first-order chi connectivity index (χ1) is 9.34. The molecule has 1 unspecified atom stereocenters. The first-order valence-electron chi connectivity index (χ1n) is 6.46. The smallest absolute Gasteiger partial charge is 0.323 e. The number of benzene rings is 1. The van der Waals surface area contributed by atoms with Gasteiger partial charge < -0.3 is 5.11 Å². The van der Waals surface area contributed by atoms with Gasteiger partial charge in [-0.2, -0.15) is 0 Å². The second kappa shape index (κ2) is 5.44. The van der Waals surface area contributed by atoms with Gasteiger partial charge in [0.2, 0.25) is 0 Å². The van der Waals surface area contributed by atoms with Gasteiger partial charge in [-0.3, -0.25) is 9.69 Å². The van der Waals surface area contributed by atoms with Crippen LogP contribution in [0.4, 0.5) is 13.2 Å². The summed E-state index contributed by atoms with van der Waals surface area (Å²) < 4.78 is 39.3. The number of nitrogens with zero attached hydrogens (tertiary/aromatic N) is 1. The lowest BCUT2D eigenvalue weighted by molar-refractivity contribution is -0.153. The maximum absolute atomic E-state index is 13.2. The number of halogens is 3. The lowest BCUT2D eigenvalue weighted by Crippen LogP contribution is -2.54. The molecule has 0 radical (unpaired) electrons. The fourth-order valence-corrected chi connectivity index (χ4v) is 2.59. The van der Waals surface area contributed by atoms with E-state index in [1.165, 1.54) is 0 Å². The fourth-order valence-electron chi connectivity index (χ4n) is 2.59. The van der Waals surface area contributed by atoms with Crippen LogP contribution in [0.25, 0.3) is 0 Å². The molecule has 6 heteroatoms. The summed E-state index contributed by atoms with van der Waals surface area (Å²) in [7, 11) is 0. The van der Waals surface area contributed by atoms with E-state index >= 15 is 0 Å². The van der Waals surface area contributed by atoms with E-state index in [9.17, 15) is 23.1 Å². The Kier molecular flexibility index (Phi) is 4.04. The minimum absolute atomic E-state index is 0.0803. The van der Waals surface area contributed by atoms with Crippen molar-refractivity contribution in [2.45, 2.75) is 38.3 Å². The van der Waals surface area contributed by atoms with Crippen molar-refractivity contribution in [3.05, 3.63) is 35.1 Å². The third-order valence-corrected chi connectivity index (χ3v) is 3.92. The summed E-state index contributed by atoms with van der Waals surface area (Å²) in [6, 6.07) is 1.82. The number of carboxylic acid groups (broad SMARTS) is 1. The second-order valence-corrected chi connectivity index (χ2v) is 5.33. The SMILES string of the molecule is CC1(C(=O)O)CCCCN1Cc1cc(F)c(F)c(F)c1. The Balaban J connectivity index is 2.26. The van der Waals surface area contributed by atoms with Crippen molar-refractivity contribution < 1.29 is 23.1 Å². The predicted octanol–water partition coefficient (Wildman–Crippen LogP) is 2.93. The monoisotopic (exact) mass is 287 g/mol. The summed E-state index contributed by atoms with van der Waals surface area (Å²) in [5, 5.41) is 9.35. The minimum atomic E-state index is -1.51. The van der Waals surface area contributed by atoms with Crippen molar-refractivity contribution in [3.8, 4) is 0 Å². The summed E-state index contributed by atoms with van der Waals surface area (Å²) in [6.45, 7) is 2.21. The Bertz CT molecular complexity index is 512. The molecule has 1 aromatic rings. The third-order valence-electron chi connectivity index (χ3n) is 3.92. The highest BCUT2D eigenvalue weighted by atomic mass is 19.2. The van der Waals surface area contributed by atoms with Gasteiger partial charge in [0.15, 0.2) is 17.5 Å². The number of aliphatic carboxylic acids is 1. The van der Waals surface area contributed by atoms with Gasteiger partial charge in [0.1, 0.15) is 5.54 Å². The summed E-state index contributed by atoms with van der Waals surface area (Å²) in [5.74, 6) is -4.98. The summed E-state index contributed by atoms with van der Waals surface area (Å²) in [5.41, 5.74) is -0.824. The van der Waals surface area contributed by atoms with Crippen molar-refractivity contribution in [1.29, 1.82) is 0 Å². The van der Waals surface area contributed by atoms with E-state index in [1.807, 2.05) is 0 Å². The number of carbonyl (C=O) groups is 1. The van der Waals surface area contributed by atoms with Crippen LogP contribution >= 0.6 is 0 Å². The molecule has 0 spiro atoms. The normalized spacial score (nSPS) is 23.8. The Hall–Kier alpha value is -1.56. The van der Waals surface area contributed by atoms with Gasteiger partial charge in [0.25, 0.3) is 0 Å². The van der Waals surface area contributed by atoms with Gasteiger partial charge in [-0.25, -0.2) is 13.2 Å². The van der Waals surface area contributed by atoms with Gasteiger partial charge >= 0.3 is 5.97 Å². The quantitative estimate of drug-likeness (QED) is 0.869. The highest BCUT2D eigenvalue weighted by Crippen LogP contribution is 2.30. The van der Waals surface area contributed by atoms with E-state index in [2.05, 4.69) is 0 Å². The Labute approximate surface area is 115 Å². The van der Waals surface area contributed by atoms with Crippen LogP contribution in [0.3, 0.4) is 0 Å². The molecule has 0 saturated carbocycles. The lowest BCUT2D eigenvalue weighted by atomic mass is 9.88. The molecule has 0 amide bonds. The van der Waals surface area contributed by atoms with E-state index in [1.54, 1.807) is 11.8 Å². The van der Waals surface area contributed by atoms with Crippen LogP contribution in [0.15, 0.2) is 12.1 Å². The van der Waals surface area contributed by atoms with Crippen molar-refractivity contribution >= 4 is 5.97 Å². The number of rotatable bonds is 3. The molecular formula is C14H16F3NO2. The molecule has 0 bridgehead atoms. The second-order valence-electron chi connectivity index (χ2n) is 5.33. The topological polar surface area (TPSA) is 40.5 Å². The molecule has 1 fully saturated rings. The van der Waals surface area contributed by atoms with Gasteiger partial charge in [-0.05, 0) is 50.4 Å². The van der Waals surface area contributed by atoms with E-state index in [0.717, 1.165) is 25.0 Å².